The van der Waals surface area contributed by atoms with Crippen LogP contribution in [0.2, 0.25) is 0 Å². The number of rotatable bonds is 2. The highest BCUT2D eigenvalue weighted by Gasteiger charge is 2.62. The van der Waals surface area contributed by atoms with E-state index < -0.39 is 29.3 Å². The summed E-state index contributed by atoms with van der Waals surface area (Å²) in [5.74, 6) is -0.499. The van der Waals surface area contributed by atoms with E-state index in [9.17, 15) is 14.4 Å². The maximum absolute atomic E-state index is 13.9. The van der Waals surface area contributed by atoms with Crippen LogP contribution in [-0.2, 0) is 20.7 Å². The van der Waals surface area contributed by atoms with E-state index in [1.165, 1.54) is 0 Å². The molecule has 2 fully saturated rings. The molecule has 0 aliphatic carbocycles. The molecule has 0 saturated carbocycles. The predicted octanol–water partition coefficient (Wildman–Crippen LogP) is 1.73. The molecule has 3 aliphatic heterocycles. The SMILES string of the molecule is COc1ccc(N2C(=O)NC(=O)[C@]3(Cc4ccccc4N4CCOC[C@@H]43)C2=O)cc1. The molecule has 8 nitrogen and oxygen atoms in total. The number of carbonyl (C=O) groups excluding carboxylic acids is 3. The van der Waals surface area contributed by atoms with E-state index in [0.29, 0.717) is 24.6 Å². The van der Waals surface area contributed by atoms with Crippen molar-refractivity contribution < 1.29 is 23.9 Å². The van der Waals surface area contributed by atoms with Crippen molar-refractivity contribution in [3.63, 3.8) is 0 Å². The van der Waals surface area contributed by atoms with E-state index in [4.69, 9.17) is 9.47 Å². The third kappa shape index (κ3) is 2.53. The van der Waals surface area contributed by atoms with Crippen molar-refractivity contribution in [1.82, 2.24) is 5.32 Å². The van der Waals surface area contributed by atoms with Gasteiger partial charge in [0.15, 0.2) is 5.41 Å². The fourth-order valence-corrected chi connectivity index (χ4v) is 4.73. The van der Waals surface area contributed by atoms with Crippen molar-refractivity contribution in [1.29, 1.82) is 0 Å². The van der Waals surface area contributed by atoms with Gasteiger partial charge < -0.3 is 14.4 Å². The maximum Gasteiger partial charge on any atom is 0.335 e. The number of methoxy groups -OCH3 is 1. The fraction of sp³-hybridized carbons (Fsp3) is 0.318. The van der Waals surface area contributed by atoms with Crippen LogP contribution in [0.25, 0.3) is 0 Å². The number of amides is 4. The van der Waals surface area contributed by atoms with Gasteiger partial charge in [-0.05, 0) is 42.3 Å². The number of anilines is 2. The minimum atomic E-state index is -1.46. The summed E-state index contributed by atoms with van der Waals surface area (Å²) in [4.78, 5) is 43.0. The Morgan fingerprint density at radius 2 is 1.87 bits per heavy atom. The molecular weight excluding hydrogens is 386 g/mol. The third-order valence-electron chi connectivity index (χ3n) is 6.21. The first-order valence-corrected chi connectivity index (χ1v) is 9.82. The van der Waals surface area contributed by atoms with Gasteiger partial charge in [0.25, 0.3) is 5.91 Å². The molecule has 2 atom stereocenters. The molecule has 5 rings (SSSR count). The molecule has 0 bridgehead atoms. The summed E-state index contributed by atoms with van der Waals surface area (Å²) in [5, 5.41) is 2.43. The quantitative estimate of drug-likeness (QED) is 0.763. The summed E-state index contributed by atoms with van der Waals surface area (Å²) in [6.07, 6.45) is 0.207. The van der Waals surface area contributed by atoms with E-state index >= 15 is 0 Å². The normalized spacial score (nSPS) is 25.6. The second-order valence-corrected chi connectivity index (χ2v) is 7.66. The zero-order valence-corrected chi connectivity index (χ0v) is 16.5. The van der Waals surface area contributed by atoms with Gasteiger partial charge in [-0.3, -0.25) is 14.9 Å². The zero-order chi connectivity index (χ0) is 20.9. The van der Waals surface area contributed by atoms with Gasteiger partial charge in [0.05, 0.1) is 32.1 Å². The number of morpholine rings is 1. The molecule has 2 aromatic carbocycles. The number of ether oxygens (including phenoxy) is 2. The Balaban J connectivity index is 1.63. The summed E-state index contributed by atoms with van der Waals surface area (Å²) < 4.78 is 10.8. The monoisotopic (exact) mass is 407 g/mol. The van der Waals surface area contributed by atoms with Gasteiger partial charge >= 0.3 is 6.03 Å². The molecule has 1 spiro atoms. The van der Waals surface area contributed by atoms with E-state index in [0.717, 1.165) is 16.2 Å². The van der Waals surface area contributed by atoms with Gasteiger partial charge in [-0.15, -0.1) is 0 Å². The molecule has 2 saturated heterocycles. The average Bonchev–Trinajstić information content (AvgIpc) is 2.78. The summed E-state index contributed by atoms with van der Waals surface area (Å²) in [6.45, 7) is 1.32. The number of nitrogens with zero attached hydrogens (tertiary/aromatic N) is 2. The fourth-order valence-electron chi connectivity index (χ4n) is 4.73. The lowest BCUT2D eigenvalue weighted by molar-refractivity contribution is -0.146. The lowest BCUT2D eigenvalue weighted by Crippen LogP contribution is -2.74. The van der Waals surface area contributed by atoms with Crippen molar-refractivity contribution in [3.8, 4) is 5.75 Å². The number of carbonyl (C=O) groups is 3. The van der Waals surface area contributed by atoms with E-state index in [1.807, 2.05) is 24.3 Å². The Bertz CT molecular complexity index is 1040. The van der Waals surface area contributed by atoms with Crippen molar-refractivity contribution >= 4 is 29.2 Å². The molecule has 2 aromatic rings. The molecule has 30 heavy (non-hydrogen) atoms. The topological polar surface area (TPSA) is 88.2 Å². The van der Waals surface area contributed by atoms with Crippen molar-refractivity contribution in [2.45, 2.75) is 12.5 Å². The summed E-state index contributed by atoms with van der Waals surface area (Å²) in [6, 6.07) is 13.1. The molecule has 4 amide bonds. The number of nitrogens with one attached hydrogen (secondary N) is 1. The Morgan fingerprint density at radius 1 is 1.10 bits per heavy atom. The highest BCUT2D eigenvalue weighted by atomic mass is 16.5. The summed E-state index contributed by atoms with van der Waals surface area (Å²) in [7, 11) is 1.54. The Morgan fingerprint density at radius 3 is 2.63 bits per heavy atom. The van der Waals surface area contributed by atoms with Gasteiger partial charge in [-0.2, -0.15) is 0 Å². The minimum Gasteiger partial charge on any atom is -0.497 e. The first-order chi connectivity index (χ1) is 14.6. The molecule has 0 aromatic heterocycles. The largest absolute Gasteiger partial charge is 0.497 e. The number of hydrogen-bond donors (Lipinski definition) is 1. The van der Waals surface area contributed by atoms with Gasteiger partial charge in [0.2, 0.25) is 5.91 Å². The number of para-hydroxylation sites is 1. The molecule has 3 heterocycles. The smallest absolute Gasteiger partial charge is 0.335 e. The Kier molecular flexibility index (Phi) is 4.25. The molecule has 0 unspecified atom stereocenters. The molecule has 8 heteroatoms. The number of urea groups is 1. The number of hydrogen-bond acceptors (Lipinski definition) is 6. The summed E-state index contributed by atoms with van der Waals surface area (Å²) >= 11 is 0. The van der Waals surface area contributed by atoms with E-state index in [-0.39, 0.29) is 13.0 Å². The average molecular weight is 407 g/mol. The molecule has 0 radical (unpaired) electrons. The second kappa shape index (κ2) is 6.84. The van der Waals surface area contributed by atoms with Gasteiger partial charge in [-0.1, -0.05) is 18.2 Å². The molecule has 154 valence electrons. The van der Waals surface area contributed by atoms with Crippen LogP contribution < -0.4 is 19.9 Å². The van der Waals surface area contributed by atoms with Crippen molar-refractivity contribution in [2.24, 2.45) is 5.41 Å². The van der Waals surface area contributed by atoms with Gasteiger partial charge in [0, 0.05) is 12.2 Å². The van der Waals surface area contributed by atoms with Crippen LogP contribution in [0.3, 0.4) is 0 Å². The van der Waals surface area contributed by atoms with Crippen LogP contribution in [0.5, 0.6) is 5.75 Å². The van der Waals surface area contributed by atoms with Crippen LogP contribution >= 0.6 is 0 Å². The first-order valence-electron chi connectivity index (χ1n) is 9.82. The first kappa shape index (κ1) is 18.6. The Labute approximate surface area is 173 Å². The number of imide groups is 2. The number of fused-ring (bicyclic) bond motifs is 4. The molecule has 3 aliphatic rings. The van der Waals surface area contributed by atoms with Crippen LogP contribution in [-0.4, -0.2) is 50.8 Å². The van der Waals surface area contributed by atoms with E-state index in [1.54, 1.807) is 31.4 Å². The van der Waals surface area contributed by atoms with Gasteiger partial charge in [-0.25, -0.2) is 9.69 Å². The maximum atomic E-state index is 13.9. The van der Waals surface area contributed by atoms with Crippen LogP contribution in [0.15, 0.2) is 48.5 Å². The lowest BCUT2D eigenvalue weighted by atomic mass is 9.68. The highest BCUT2D eigenvalue weighted by Crippen LogP contribution is 2.45. The van der Waals surface area contributed by atoms with E-state index in [2.05, 4.69) is 10.2 Å². The van der Waals surface area contributed by atoms with Crippen molar-refractivity contribution in [2.75, 3.05) is 36.7 Å². The standard InChI is InChI=1S/C22H21N3O5/c1-29-16-8-6-15(7-9-16)25-20(27)22(19(26)23-21(25)28)12-14-4-2-3-5-17(14)24-10-11-30-13-18(22)24/h2-9,18H,10-13H2,1H3,(H,23,26,28)/t18-,22-/m1/s1. The summed E-state index contributed by atoms with van der Waals surface area (Å²) in [5.41, 5.74) is 0.836. The van der Waals surface area contributed by atoms with Crippen LogP contribution in [0, 0.1) is 5.41 Å². The third-order valence-corrected chi connectivity index (χ3v) is 6.21. The van der Waals surface area contributed by atoms with Crippen LogP contribution in [0.4, 0.5) is 16.2 Å². The zero-order valence-electron chi connectivity index (χ0n) is 16.5. The molecule has 1 N–H and O–H groups in total. The minimum absolute atomic E-state index is 0.207. The number of benzene rings is 2. The van der Waals surface area contributed by atoms with Crippen LogP contribution in [0.1, 0.15) is 5.56 Å². The highest BCUT2D eigenvalue weighted by molar-refractivity contribution is 6.30. The van der Waals surface area contributed by atoms with Gasteiger partial charge in [0.1, 0.15) is 5.75 Å². The lowest BCUT2D eigenvalue weighted by Gasteiger charge is -2.53. The second-order valence-electron chi connectivity index (χ2n) is 7.66. The van der Waals surface area contributed by atoms with Crippen molar-refractivity contribution in [3.05, 3.63) is 54.1 Å². The Hall–Kier alpha value is -3.39. The number of barbiturate groups is 1. The predicted molar refractivity (Wildman–Crippen MR) is 109 cm³/mol. The molecular formula is C22H21N3O5.